The van der Waals surface area contributed by atoms with Crippen molar-refractivity contribution in [3.63, 3.8) is 0 Å². The number of para-hydroxylation sites is 2. The predicted molar refractivity (Wildman–Crippen MR) is 76.9 cm³/mol. The monoisotopic (exact) mass is 245 g/mol. The van der Waals surface area contributed by atoms with E-state index < -0.39 is 0 Å². The fraction of sp³-hybridized carbons (Fsp3) is 0.533. The Balaban J connectivity index is 2.16. The number of benzene rings is 1. The van der Waals surface area contributed by atoms with Gasteiger partial charge < -0.3 is 9.88 Å². The molecule has 0 saturated heterocycles. The Labute approximate surface area is 109 Å². The van der Waals surface area contributed by atoms with Gasteiger partial charge in [0.25, 0.3) is 0 Å². The average Bonchev–Trinajstić information content (AvgIpc) is 2.64. The second kappa shape index (κ2) is 5.53. The van der Waals surface area contributed by atoms with Gasteiger partial charge in [-0.15, -0.1) is 0 Å². The van der Waals surface area contributed by atoms with Crippen LogP contribution in [0.2, 0.25) is 0 Å². The van der Waals surface area contributed by atoms with Crippen LogP contribution in [0.3, 0.4) is 0 Å². The smallest absolute Gasteiger partial charge is 0.107 e. The number of nitrogens with one attached hydrogen (secondary N) is 1. The van der Waals surface area contributed by atoms with Crippen LogP contribution in [0, 0.1) is 12.8 Å². The van der Waals surface area contributed by atoms with Crippen LogP contribution < -0.4 is 5.32 Å². The molecule has 0 bridgehead atoms. The third-order valence-corrected chi connectivity index (χ3v) is 3.21. The van der Waals surface area contributed by atoms with Crippen LogP contribution in [0.1, 0.15) is 32.6 Å². The maximum Gasteiger partial charge on any atom is 0.107 e. The van der Waals surface area contributed by atoms with Gasteiger partial charge in [0.1, 0.15) is 5.82 Å². The van der Waals surface area contributed by atoms with Crippen LogP contribution in [-0.4, -0.2) is 22.6 Å². The summed E-state index contributed by atoms with van der Waals surface area (Å²) in [5, 5.41) is 3.52. The predicted octanol–water partition coefficient (Wildman–Crippen LogP) is 3.15. The molecule has 2 rings (SSSR count). The molecule has 0 fully saturated rings. The highest BCUT2D eigenvalue weighted by Crippen LogP contribution is 2.20. The van der Waals surface area contributed by atoms with E-state index in [1.807, 2.05) is 6.07 Å². The lowest BCUT2D eigenvalue weighted by molar-refractivity contribution is 0.465. The maximum absolute atomic E-state index is 4.61. The Bertz CT molecular complexity index is 513. The van der Waals surface area contributed by atoms with E-state index in [-0.39, 0.29) is 0 Å². The zero-order valence-corrected chi connectivity index (χ0v) is 11.8. The number of imidazole rings is 1. The summed E-state index contributed by atoms with van der Waals surface area (Å²) < 4.78 is 2.32. The van der Waals surface area contributed by atoms with Gasteiger partial charge in [-0.1, -0.05) is 26.0 Å². The number of aryl methyl sites for hydroxylation is 1. The molecule has 0 aliphatic heterocycles. The number of aromatic nitrogens is 2. The van der Waals surface area contributed by atoms with Crippen LogP contribution in [0.4, 0.5) is 0 Å². The molecule has 0 radical (unpaired) electrons. The molecule has 0 amide bonds. The Morgan fingerprint density at radius 2 is 1.89 bits per heavy atom. The van der Waals surface area contributed by atoms with E-state index in [9.17, 15) is 0 Å². The van der Waals surface area contributed by atoms with Crippen molar-refractivity contribution in [2.24, 2.45) is 5.92 Å². The van der Waals surface area contributed by atoms with Crippen LogP contribution >= 0.6 is 0 Å². The maximum atomic E-state index is 4.61. The van der Waals surface area contributed by atoms with Crippen LogP contribution in [0.5, 0.6) is 0 Å². The van der Waals surface area contributed by atoms with Crippen LogP contribution in [-0.2, 0) is 0 Å². The second-order valence-electron chi connectivity index (χ2n) is 5.42. The van der Waals surface area contributed by atoms with Gasteiger partial charge in [0.2, 0.25) is 0 Å². The number of fused-ring (bicyclic) bond motifs is 1. The Morgan fingerprint density at radius 1 is 1.17 bits per heavy atom. The summed E-state index contributed by atoms with van der Waals surface area (Å²) in [5.41, 5.74) is 2.32. The molecule has 0 spiro atoms. The largest absolute Gasteiger partial charge is 0.324 e. The molecule has 0 aliphatic rings. The number of rotatable bonds is 5. The first kappa shape index (κ1) is 13.1. The fourth-order valence-electron chi connectivity index (χ4n) is 2.39. The highest BCUT2D eigenvalue weighted by Gasteiger charge is 2.12. The molecule has 18 heavy (non-hydrogen) atoms. The molecule has 1 heterocycles. The summed E-state index contributed by atoms with van der Waals surface area (Å²) in [6, 6.07) is 8.77. The van der Waals surface area contributed by atoms with E-state index in [1.54, 1.807) is 0 Å². The van der Waals surface area contributed by atoms with Gasteiger partial charge in [-0.3, -0.25) is 0 Å². The van der Waals surface area contributed by atoms with Gasteiger partial charge in [0.15, 0.2) is 0 Å². The van der Waals surface area contributed by atoms with Crippen molar-refractivity contribution in [3.05, 3.63) is 30.1 Å². The molecule has 2 aromatic rings. The first-order chi connectivity index (χ1) is 8.59. The molecule has 3 nitrogen and oxygen atoms in total. The topological polar surface area (TPSA) is 29.9 Å². The normalized spacial score (nSPS) is 13.4. The van der Waals surface area contributed by atoms with Gasteiger partial charge >= 0.3 is 0 Å². The summed E-state index contributed by atoms with van der Waals surface area (Å²) in [4.78, 5) is 4.61. The van der Waals surface area contributed by atoms with E-state index in [4.69, 9.17) is 0 Å². The van der Waals surface area contributed by atoms with Gasteiger partial charge in [-0.2, -0.15) is 0 Å². The second-order valence-corrected chi connectivity index (χ2v) is 5.42. The van der Waals surface area contributed by atoms with Crippen molar-refractivity contribution in [1.82, 2.24) is 14.9 Å². The number of nitrogens with zero attached hydrogens (tertiary/aromatic N) is 2. The molecule has 0 aliphatic carbocycles. The van der Waals surface area contributed by atoms with E-state index in [0.29, 0.717) is 12.0 Å². The summed E-state index contributed by atoms with van der Waals surface area (Å²) >= 11 is 0. The standard InChI is InChI=1S/C15H23N3/c1-11(2)9-16-10-12(3)18-13(4)17-14-7-5-6-8-15(14)18/h5-8,11-12,16H,9-10H2,1-4H3. The van der Waals surface area contributed by atoms with Crippen LogP contribution in [0.15, 0.2) is 24.3 Å². The molecule has 0 saturated carbocycles. The Kier molecular flexibility index (Phi) is 4.02. The van der Waals surface area contributed by atoms with Crippen molar-refractivity contribution in [2.75, 3.05) is 13.1 Å². The molecule has 1 aromatic heterocycles. The van der Waals surface area contributed by atoms with Crippen molar-refractivity contribution < 1.29 is 0 Å². The SMILES string of the molecule is Cc1nc2ccccc2n1C(C)CNCC(C)C. The van der Waals surface area contributed by atoms with Gasteiger partial charge in [-0.25, -0.2) is 4.98 Å². The van der Waals surface area contributed by atoms with E-state index >= 15 is 0 Å². The molecule has 1 atom stereocenters. The third-order valence-electron chi connectivity index (χ3n) is 3.21. The molecule has 1 aromatic carbocycles. The van der Waals surface area contributed by atoms with Crippen molar-refractivity contribution >= 4 is 11.0 Å². The molecule has 3 heteroatoms. The van der Waals surface area contributed by atoms with Gasteiger partial charge in [0.05, 0.1) is 11.0 Å². The summed E-state index contributed by atoms with van der Waals surface area (Å²) in [7, 11) is 0. The van der Waals surface area contributed by atoms with Gasteiger partial charge in [0, 0.05) is 12.6 Å². The highest BCUT2D eigenvalue weighted by molar-refractivity contribution is 5.76. The summed E-state index contributed by atoms with van der Waals surface area (Å²) in [5.74, 6) is 1.79. The van der Waals surface area contributed by atoms with Gasteiger partial charge in [-0.05, 0) is 38.4 Å². The zero-order valence-electron chi connectivity index (χ0n) is 11.8. The fourth-order valence-corrected chi connectivity index (χ4v) is 2.39. The molecule has 98 valence electrons. The third kappa shape index (κ3) is 2.72. The van der Waals surface area contributed by atoms with E-state index in [0.717, 1.165) is 24.4 Å². The lowest BCUT2D eigenvalue weighted by atomic mass is 10.2. The zero-order chi connectivity index (χ0) is 13.1. The minimum atomic E-state index is 0.427. The minimum absolute atomic E-state index is 0.427. The molecular weight excluding hydrogens is 222 g/mol. The number of hydrogen-bond donors (Lipinski definition) is 1. The summed E-state index contributed by atoms with van der Waals surface area (Å²) in [6.07, 6.45) is 0. The van der Waals surface area contributed by atoms with Crippen molar-refractivity contribution in [3.8, 4) is 0 Å². The van der Waals surface area contributed by atoms with E-state index in [2.05, 4.69) is 60.8 Å². The van der Waals surface area contributed by atoms with Crippen molar-refractivity contribution in [2.45, 2.75) is 33.7 Å². The molecule has 1 unspecified atom stereocenters. The average molecular weight is 245 g/mol. The summed E-state index contributed by atoms with van der Waals surface area (Å²) in [6.45, 7) is 10.8. The molecular formula is C15H23N3. The quantitative estimate of drug-likeness (QED) is 0.877. The number of hydrogen-bond acceptors (Lipinski definition) is 2. The van der Waals surface area contributed by atoms with E-state index in [1.165, 1.54) is 5.52 Å². The minimum Gasteiger partial charge on any atom is -0.324 e. The Hall–Kier alpha value is -1.35. The molecule has 1 N–H and O–H groups in total. The van der Waals surface area contributed by atoms with Crippen LogP contribution in [0.25, 0.3) is 11.0 Å². The first-order valence-electron chi connectivity index (χ1n) is 6.74. The Morgan fingerprint density at radius 3 is 2.61 bits per heavy atom. The highest BCUT2D eigenvalue weighted by atomic mass is 15.1. The lowest BCUT2D eigenvalue weighted by Crippen LogP contribution is -2.27. The first-order valence-corrected chi connectivity index (χ1v) is 6.74. The lowest BCUT2D eigenvalue weighted by Gasteiger charge is -2.18. The van der Waals surface area contributed by atoms with Crippen molar-refractivity contribution in [1.29, 1.82) is 0 Å².